The number of benzene rings is 6. The normalized spacial score (nSPS) is 11.2. The Hall–Kier alpha value is -5.90. The zero-order valence-corrected chi connectivity index (χ0v) is 33.2. The summed E-state index contributed by atoms with van der Waals surface area (Å²) in [7, 11) is 0. The molecule has 0 aliphatic heterocycles. The van der Waals surface area contributed by atoms with Gasteiger partial charge in [-0.25, -0.2) is 0 Å². The molecule has 1 radical (unpaired) electrons. The number of carbonyl (C=O) groups excluding carboxylic acids is 1. The van der Waals surface area contributed by atoms with E-state index in [2.05, 4.69) is 32.5 Å². The van der Waals surface area contributed by atoms with Crippen LogP contribution in [0.3, 0.4) is 0 Å². The third-order valence-corrected chi connectivity index (χ3v) is 7.69. The minimum atomic E-state index is -0.125. The summed E-state index contributed by atoms with van der Waals surface area (Å²) >= 11 is 0. The molecule has 0 saturated heterocycles. The zero-order valence-electron chi connectivity index (χ0n) is 30.8. The monoisotopic (exact) mass is 897 g/mol. The quantitative estimate of drug-likeness (QED) is 0.0957. The Labute approximate surface area is 327 Å². The molecule has 0 bridgehead atoms. The Kier molecular flexibility index (Phi) is 12.9. The van der Waals surface area contributed by atoms with Crippen LogP contribution in [-0.2, 0) is 24.9 Å². The van der Waals surface area contributed by atoms with Gasteiger partial charge in [0.05, 0.1) is 18.0 Å². The predicted octanol–water partition coefficient (Wildman–Crippen LogP) is 9.36. The molecule has 0 amide bonds. The maximum atomic E-state index is 10.0. The summed E-state index contributed by atoms with van der Waals surface area (Å²) in [5.41, 5.74) is 5.13. The van der Waals surface area contributed by atoms with E-state index in [1.807, 2.05) is 137 Å². The van der Waals surface area contributed by atoms with Crippen molar-refractivity contribution in [1.29, 1.82) is 0 Å². The third-order valence-electron chi connectivity index (χ3n) is 7.69. The Balaban J connectivity index is 0.000000174. The van der Waals surface area contributed by atoms with Crippen molar-refractivity contribution in [3.05, 3.63) is 133 Å². The van der Waals surface area contributed by atoms with Crippen molar-refractivity contribution in [3.63, 3.8) is 0 Å². The molecule has 8 rings (SSSR count). The van der Waals surface area contributed by atoms with Crippen molar-refractivity contribution in [2.24, 2.45) is 0 Å². The van der Waals surface area contributed by atoms with Gasteiger partial charge < -0.3 is 14.6 Å². The number of ether oxygens (including phenoxy) is 2. The Morgan fingerprint density at radius 3 is 1.19 bits per heavy atom. The van der Waals surface area contributed by atoms with E-state index in [-0.39, 0.29) is 43.9 Å². The molecule has 8 aromatic rings. The first kappa shape index (κ1) is 39.3. The Bertz CT molecular complexity index is 2320. The molecule has 1 N–H and O–H groups in total. The molecular formula is C43H40IrN6O4-2. The summed E-state index contributed by atoms with van der Waals surface area (Å²) in [6.07, 6.45) is 1.39. The molecule has 0 unspecified atom stereocenters. The van der Waals surface area contributed by atoms with Crippen molar-refractivity contribution in [2.75, 3.05) is 0 Å². The van der Waals surface area contributed by atoms with Crippen LogP contribution in [0.5, 0.6) is 11.5 Å². The predicted molar refractivity (Wildman–Crippen MR) is 209 cm³/mol. The van der Waals surface area contributed by atoms with Crippen molar-refractivity contribution in [1.82, 2.24) is 30.0 Å². The first-order valence-electron chi connectivity index (χ1n) is 17.3. The number of aliphatic hydroxyl groups excluding tert-OH is 1. The van der Waals surface area contributed by atoms with E-state index in [4.69, 9.17) is 14.6 Å². The molecule has 0 aliphatic rings. The topological polar surface area (TPSA) is 117 Å². The average Bonchev–Trinajstić information content (AvgIpc) is 3.76. The molecular weight excluding hydrogens is 857 g/mol. The van der Waals surface area contributed by atoms with Gasteiger partial charge in [-0.05, 0) is 77.2 Å². The van der Waals surface area contributed by atoms with Gasteiger partial charge in [-0.2, -0.15) is 42.1 Å². The van der Waals surface area contributed by atoms with E-state index in [1.165, 1.54) is 19.9 Å². The van der Waals surface area contributed by atoms with Crippen LogP contribution in [0.4, 0.5) is 0 Å². The number of aromatic nitrogens is 6. The number of rotatable bonds is 7. The van der Waals surface area contributed by atoms with Gasteiger partial charge in [0.15, 0.2) is 5.78 Å². The van der Waals surface area contributed by atoms with Crippen LogP contribution >= 0.6 is 0 Å². The molecule has 6 aromatic carbocycles. The van der Waals surface area contributed by atoms with Gasteiger partial charge >= 0.3 is 0 Å². The second kappa shape index (κ2) is 17.7. The van der Waals surface area contributed by atoms with Crippen LogP contribution in [0.15, 0.2) is 121 Å². The minimum absolute atomic E-state index is 0. The molecule has 2 aromatic heterocycles. The van der Waals surface area contributed by atoms with Gasteiger partial charge in [0.2, 0.25) is 0 Å². The molecule has 277 valence electrons. The number of fused-ring (bicyclic) bond motifs is 4. The van der Waals surface area contributed by atoms with E-state index in [0.29, 0.717) is 0 Å². The maximum Gasteiger partial charge on any atom is 0.155 e. The van der Waals surface area contributed by atoms with E-state index < -0.39 is 0 Å². The average molecular weight is 897 g/mol. The summed E-state index contributed by atoms with van der Waals surface area (Å²) in [5, 5.41) is 30.7. The van der Waals surface area contributed by atoms with Gasteiger partial charge in [0.1, 0.15) is 22.1 Å². The summed E-state index contributed by atoms with van der Waals surface area (Å²) in [6, 6.07) is 42.2. The Morgan fingerprint density at radius 1 is 0.593 bits per heavy atom. The molecule has 10 nitrogen and oxygen atoms in total. The minimum Gasteiger partial charge on any atom is -0.548 e. The zero-order chi connectivity index (χ0) is 37.5. The van der Waals surface area contributed by atoms with Crippen molar-refractivity contribution < 1.29 is 39.5 Å². The fourth-order valence-electron chi connectivity index (χ4n) is 5.64. The number of aliphatic hydroxyl groups is 1. The van der Waals surface area contributed by atoms with Gasteiger partial charge in [0.25, 0.3) is 0 Å². The second-order valence-corrected chi connectivity index (χ2v) is 12.8. The fourth-order valence-corrected chi connectivity index (χ4v) is 5.64. The number of allylic oxidation sites excluding steroid dienone is 2. The number of carbonyl (C=O) groups is 1. The Morgan fingerprint density at radius 2 is 0.907 bits per heavy atom. The standard InChI is InChI=1S/2C19H16N3O.C5H8O2.Ir/c2*1-13(2)23-19-12-11-18(14-7-3-4-8-15(14)19)22-20-16-9-5-6-10-17(16)21-22;1-4(6)3-5(2)7;/h2*3-10,12-13H,1-2H3;3,6H,1-2H3;/q2*-1;;. The van der Waals surface area contributed by atoms with Crippen LogP contribution in [-0.4, -0.2) is 53.1 Å². The van der Waals surface area contributed by atoms with Gasteiger partial charge in [-0.15, -0.1) is 24.3 Å². The first-order valence-corrected chi connectivity index (χ1v) is 17.3. The fraction of sp³-hybridized carbons (Fsp3) is 0.186. The third kappa shape index (κ3) is 9.36. The van der Waals surface area contributed by atoms with Crippen LogP contribution in [0.1, 0.15) is 41.5 Å². The molecule has 2 heterocycles. The number of hydrogen-bond acceptors (Lipinski definition) is 8. The molecule has 0 spiro atoms. The van der Waals surface area contributed by atoms with E-state index >= 15 is 0 Å². The van der Waals surface area contributed by atoms with E-state index in [9.17, 15) is 4.79 Å². The van der Waals surface area contributed by atoms with E-state index in [1.54, 1.807) is 9.59 Å². The van der Waals surface area contributed by atoms with Crippen molar-refractivity contribution in [3.8, 4) is 22.9 Å². The summed E-state index contributed by atoms with van der Waals surface area (Å²) in [6.45, 7) is 10.9. The molecule has 11 heteroatoms. The van der Waals surface area contributed by atoms with Crippen LogP contribution in [0.25, 0.3) is 55.0 Å². The number of hydrogen-bond donors (Lipinski definition) is 1. The molecule has 54 heavy (non-hydrogen) atoms. The molecule has 0 saturated carbocycles. The van der Waals surface area contributed by atoms with Crippen molar-refractivity contribution in [2.45, 2.75) is 53.8 Å². The number of nitrogens with zero attached hydrogens (tertiary/aromatic N) is 6. The SMILES string of the molecule is CC(=O)C=C(C)O.CC(C)Oc1c[c-]c(-n2nc3ccccc3n2)c2ccccc12.CC(C)Oc1c[c-]c(-n2nc3ccccc3n2)c2ccccc12.[Ir]. The largest absolute Gasteiger partial charge is 0.548 e. The number of ketones is 1. The summed E-state index contributed by atoms with van der Waals surface area (Å²) in [4.78, 5) is 13.3. The smallest absolute Gasteiger partial charge is 0.155 e. The van der Waals surface area contributed by atoms with Crippen LogP contribution < -0.4 is 9.47 Å². The van der Waals surface area contributed by atoms with Crippen LogP contribution in [0, 0.1) is 12.1 Å². The molecule has 0 atom stereocenters. The maximum absolute atomic E-state index is 10.0. The van der Waals surface area contributed by atoms with Gasteiger partial charge in [0, 0.05) is 37.7 Å². The summed E-state index contributed by atoms with van der Waals surface area (Å²) in [5.74, 6) is 1.60. The van der Waals surface area contributed by atoms with Gasteiger partial charge in [-0.1, -0.05) is 82.2 Å². The molecule has 0 aliphatic carbocycles. The summed E-state index contributed by atoms with van der Waals surface area (Å²) < 4.78 is 11.8. The van der Waals surface area contributed by atoms with Crippen molar-refractivity contribution >= 4 is 49.4 Å². The van der Waals surface area contributed by atoms with E-state index in [0.717, 1.165) is 66.5 Å². The molecule has 0 fully saturated rings. The second-order valence-electron chi connectivity index (χ2n) is 12.8. The van der Waals surface area contributed by atoms with Gasteiger partial charge in [-0.3, -0.25) is 4.79 Å². The van der Waals surface area contributed by atoms with Crippen LogP contribution in [0.2, 0.25) is 0 Å². The first-order chi connectivity index (χ1) is 25.6.